The van der Waals surface area contributed by atoms with Crippen LogP contribution in [0.25, 0.3) is 0 Å². The van der Waals surface area contributed by atoms with Gasteiger partial charge in [-0.05, 0) is 19.1 Å². The molecule has 1 aliphatic rings. The van der Waals surface area contributed by atoms with Gasteiger partial charge in [0, 0.05) is 11.6 Å². The molecule has 110 valence electrons. The van der Waals surface area contributed by atoms with E-state index in [-0.39, 0.29) is 23.0 Å². The van der Waals surface area contributed by atoms with E-state index in [9.17, 15) is 17.9 Å². The van der Waals surface area contributed by atoms with E-state index in [4.69, 9.17) is 9.94 Å². The molecule has 0 saturated carbocycles. The minimum Gasteiger partial charge on any atom is -0.486 e. The smallest absolute Gasteiger partial charge is 0.156 e. The van der Waals surface area contributed by atoms with E-state index in [0.717, 1.165) is 6.07 Å². The standard InChI is InChI=1S/C12H14FNO5S/c1-7(14-16)9-3-2-8(13)4-11(9)19-12-6-20(17,18)5-10(12)15/h2-4,10,12,15-16H,5-6H2,1H3. The molecule has 1 heterocycles. The number of halogens is 1. The van der Waals surface area contributed by atoms with E-state index in [2.05, 4.69) is 5.16 Å². The molecule has 0 radical (unpaired) electrons. The normalized spacial score (nSPS) is 25.6. The molecule has 2 rings (SSSR count). The van der Waals surface area contributed by atoms with Crippen molar-refractivity contribution in [2.24, 2.45) is 5.16 Å². The topological polar surface area (TPSA) is 96.2 Å². The molecular weight excluding hydrogens is 289 g/mol. The van der Waals surface area contributed by atoms with Gasteiger partial charge in [0.05, 0.1) is 17.2 Å². The van der Waals surface area contributed by atoms with Crippen molar-refractivity contribution in [1.82, 2.24) is 0 Å². The lowest BCUT2D eigenvalue weighted by atomic mass is 10.1. The van der Waals surface area contributed by atoms with E-state index in [1.807, 2.05) is 0 Å². The molecule has 1 aliphatic heterocycles. The molecule has 0 aliphatic carbocycles. The maximum Gasteiger partial charge on any atom is 0.156 e. The molecule has 6 nitrogen and oxygen atoms in total. The highest BCUT2D eigenvalue weighted by Gasteiger charge is 2.38. The minimum absolute atomic E-state index is 0.0291. The summed E-state index contributed by atoms with van der Waals surface area (Å²) in [6.45, 7) is 1.49. The van der Waals surface area contributed by atoms with Gasteiger partial charge in [0.15, 0.2) is 9.84 Å². The number of nitrogens with zero attached hydrogens (tertiary/aromatic N) is 1. The molecule has 20 heavy (non-hydrogen) atoms. The monoisotopic (exact) mass is 303 g/mol. The van der Waals surface area contributed by atoms with E-state index in [1.54, 1.807) is 0 Å². The Balaban J connectivity index is 2.32. The largest absolute Gasteiger partial charge is 0.486 e. The zero-order valence-corrected chi connectivity index (χ0v) is 11.5. The van der Waals surface area contributed by atoms with Crippen molar-refractivity contribution in [2.75, 3.05) is 11.5 Å². The predicted octanol–water partition coefficient (Wildman–Crippen LogP) is 0.561. The third-order valence-corrected chi connectivity index (χ3v) is 4.72. The number of sulfone groups is 1. The van der Waals surface area contributed by atoms with Crippen LogP contribution >= 0.6 is 0 Å². The number of hydrogen-bond acceptors (Lipinski definition) is 6. The Bertz CT molecular complexity index is 643. The fourth-order valence-corrected chi connectivity index (χ4v) is 3.68. The lowest BCUT2D eigenvalue weighted by molar-refractivity contribution is 0.0734. The third-order valence-electron chi connectivity index (χ3n) is 3.03. The number of oxime groups is 1. The SMILES string of the molecule is CC(=NO)c1ccc(F)cc1OC1CS(=O)(=O)CC1O. The summed E-state index contributed by atoms with van der Waals surface area (Å²) in [5.74, 6) is -1.26. The summed E-state index contributed by atoms with van der Waals surface area (Å²) in [6, 6.07) is 3.58. The summed E-state index contributed by atoms with van der Waals surface area (Å²) in [5, 5.41) is 21.4. The summed E-state index contributed by atoms with van der Waals surface area (Å²) >= 11 is 0. The first kappa shape index (κ1) is 14.7. The molecule has 0 spiro atoms. The van der Waals surface area contributed by atoms with Crippen LogP contribution in [0.2, 0.25) is 0 Å². The van der Waals surface area contributed by atoms with Crippen molar-refractivity contribution in [2.45, 2.75) is 19.1 Å². The first-order chi connectivity index (χ1) is 9.32. The molecule has 1 saturated heterocycles. The van der Waals surface area contributed by atoms with Crippen LogP contribution in [-0.4, -0.2) is 48.2 Å². The summed E-state index contributed by atoms with van der Waals surface area (Å²) in [5.41, 5.74) is 0.515. The molecule has 2 atom stereocenters. The van der Waals surface area contributed by atoms with Crippen LogP contribution in [0.1, 0.15) is 12.5 Å². The molecule has 0 aromatic heterocycles. The zero-order chi connectivity index (χ0) is 14.9. The number of aliphatic hydroxyl groups is 1. The molecule has 8 heteroatoms. The first-order valence-electron chi connectivity index (χ1n) is 5.86. The predicted molar refractivity (Wildman–Crippen MR) is 69.5 cm³/mol. The second kappa shape index (κ2) is 5.37. The van der Waals surface area contributed by atoms with Crippen LogP contribution in [0.15, 0.2) is 23.4 Å². The molecule has 1 fully saturated rings. The van der Waals surface area contributed by atoms with Gasteiger partial charge < -0.3 is 15.1 Å². The van der Waals surface area contributed by atoms with Crippen LogP contribution in [0.4, 0.5) is 4.39 Å². The van der Waals surface area contributed by atoms with Crippen molar-refractivity contribution < 1.29 is 27.9 Å². The van der Waals surface area contributed by atoms with Crippen LogP contribution in [0.3, 0.4) is 0 Å². The minimum atomic E-state index is -3.36. The highest BCUT2D eigenvalue weighted by molar-refractivity contribution is 7.91. The summed E-state index contributed by atoms with van der Waals surface area (Å²) in [7, 11) is -3.36. The zero-order valence-electron chi connectivity index (χ0n) is 10.7. The average Bonchev–Trinajstić information content (AvgIpc) is 2.61. The Morgan fingerprint density at radius 2 is 2.15 bits per heavy atom. The lowest BCUT2D eigenvalue weighted by Crippen LogP contribution is -2.30. The van der Waals surface area contributed by atoms with Gasteiger partial charge in [-0.25, -0.2) is 12.8 Å². The molecule has 2 N–H and O–H groups in total. The quantitative estimate of drug-likeness (QED) is 0.483. The van der Waals surface area contributed by atoms with Crippen LogP contribution < -0.4 is 4.74 Å². The van der Waals surface area contributed by atoms with E-state index in [1.165, 1.54) is 19.1 Å². The average molecular weight is 303 g/mol. The Hall–Kier alpha value is -1.67. The second-order valence-corrected chi connectivity index (χ2v) is 6.78. The Morgan fingerprint density at radius 3 is 2.70 bits per heavy atom. The van der Waals surface area contributed by atoms with Crippen LogP contribution in [0.5, 0.6) is 5.75 Å². The molecule has 2 unspecified atom stereocenters. The van der Waals surface area contributed by atoms with Gasteiger partial charge in [-0.1, -0.05) is 5.16 Å². The number of ether oxygens (including phenoxy) is 1. The van der Waals surface area contributed by atoms with Crippen molar-refractivity contribution in [3.8, 4) is 5.75 Å². The first-order valence-corrected chi connectivity index (χ1v) is 7.68. The Morgan fingerprint density at radius 1 is 1.45 bits per heavy atom. The van der Waals surface area contributed by atoms with E-state index >= 15 is 0 Å². The van der Waals surface area contributed by atoms with Crippen LogP contribution in [0, 0.1) is 5.82 Å². The number of hydrogen-bond donors (Lipinski definition) is 2. The van der Waals surface area contributed by atoms with E-state index < -0.39 is 27.9 Å². The van der Waals surface area contributed by atoms with Gasteiger partial charge in [-0.2, -0.15) is 0 Å². The van der Waals surface area contributed by atoms with Crippen LogP contribution in [-0.2, 0) is 9.84 Å². The van der Waals surface area contributed by atoms with Crippen molar-refractivity contribution in [3.63, 3.8) is 0 Å². The van der Waals surface area contributed by atoms with Gasteiger partial charge in [0.25, 0.3) is 0 Å². The van der Waals surface area contributed by atoms with Gasteiger partial charge >= 0.3 is 0 Å². The lowest BCUT2D eigenvalue weighted by Gasteiger charge is -2.18. The summed E-state index contributed by atoms with van der Waals surface area (Å²) < 4.78 is 41.5. The Kier molecular flexibility index (Phi) is 3.96. The molecule has 1 aromatic rings. The molecule has 0 amide bonds. The third kappa shape index (κ3) is 3.07. The van der Waals surface area contributed by atoms with Crippen molar-refractivity contribution in [1.29, 1.82) is 0 Å². The Labute approximate surface area is 115 Å². The van der Waals surface area contributed by atoms with Gasteiger partial charge in [-0.15, -0.1) is 0 Å². The molecule has 0 bridgehead atoms. The number of rotatable bonds is 3. The number of benzene rings is 1. The van der Waals surface area contributed by atoms with Gasteiger partial charge in [-0.3, -0.25) is 0 Å². The second-order valence-electron chi connectivity index (χ2n) is 4.63. The summed E-state index contributed by atoms with van der Waals surface area (Å²) in [4.78, 5) is 0. The molecule has 1 aromatic carbocycles. The van der Waals surface area contributed by atoms with Gasteiger partial charge in [0.1, 0.15) is 23.8 Å². The highest BCUT2D eigenvalue weighted by atomic mass is 32.2. The van der Waals surface area contributed by atoms with E-state index in [0.29, 0.717) is 5.56 Å². The van der Waals surface area contributed by atoms with Crippen molar-refractivity contribution in [3.05, 3.63) is 29.6 Å². The fraction of sp³-hybridized carbons (Fsp3) is 0.417. The molecular formula is C12H14FNO5S. The van der Waals surface area contributed by atoms with Gasteiger partial charge in [0.2, 0.25) is 0 Å². The highest BCUT2D eigenvalue weighted by Crippen LogP contribution is 2.25. The number of aliphatic hydroxyl groups excluding tert-OH is 1. The maximum atomic E-state index is 13.3. The fourth-order valence-electron chi connectivity index (χ4n) is 2.02. The van der Waals surface area contributed by atoms with Crippen molar-refractivity contribution >= 4 is 15.5 Å². The summed E-state index contributed by atoms with van der Waals surface area (Å²) in [6.07, 6.45) is -2.13. The maximum absolute atomic E-state index is 13.3.